The van der Waals surface area contributed by atoms with Crippen molar-refractivity contribution in [2.45, 2.75) is 20.8 Å². The van der Waals surface area contributed by atoms with Gasteiger partial charge in [0.05, 0.1) is 23.1 Å². The van der Waals surface area contributed by atoms with E-state index >= 15 is 0 Å². The van der Waals surface area contributed by atoms with Gasteiger partial charge >= 0.3 is 11.9 Å². The minimum absolute atomic E-state index is 0.240. The first-order valence-corrected chi connectivity index (χ1v) is 11.4. The third-order valence-corrected chi connectivity index (χ3v) is 5.89. The lowest BCUT2D eigenvalue weighted by atomic mass is 9.97. The minimum Gasteiger partial charge on any atom is -0.464 e. The highest BCUT2D eigenvalue weighted by Gasteiger charge is 2.30. The predicted molar refractivity (Wildman–Crippen MR) is 133 cm³/mol. The molecule has 34 heavy (non-hydrogen) atoms. The van der Waals surface area contributed by atoms with Gasteiger partial charge in [0, 0.05) is 13.6 Å². The van der Waals surface area contributed by atoms with Gasteiger partial charge in [-0.3, -0.25) is 14.2 Å². The zero-order valence-electron chi connectivity index (χ0n) is 19.8. The van der Waals surface area contributed by atoms with Crippen LogP contribution in [0.4, 0.5) is 5.69 Å². The summed E-state index contributed by atoms with van der Waals surface area (Å²) in [5.41, 5.74) is 0.708. The Morgan fingerprint density at radius 3 is 2.47 bits per heavy atom. The Labute approximate surface area is 201 Å². The molecule has 1 aromatic carbocycles. The molecule has 8 nitrogen and oxygen atoms in total. The van der Waals surface area contributed by atoms with Gasteiger partial charge in [0.25, 0.3) is 5.56 Å². The monoisotopic (exact) mass is 481 g/mol. The molecule has 0 aliphatic heterocycles. The van der Waals surface area contributed by atoms with E-state index in [9.17, 15) is 14.4 Å². The lowest BCUT2D eigenvalue weighted by Gasteiger charge is -2.18. The zero-order chi connectivity index (χ0) is 25.0. The molecule has 178 valence electrons. The molecule has 1 N–H and O–H groups in total. The van der Waals surface area contributed by atoms with Gasteiger partial charge in [-0.25, -0.2) is 9.78 Å². The Kier molecular flexibility index (Phi) is 7.36. The Balaban J connectivity index is 2.00. The number of methoxy groups -OCH3 is 1. The summed E-state index contributed by atoms with van der Waals surface area (Å²) < 4.78 is 11.4. The van der Waals surface area contributed by atoms with E-state index in [1.54, 1.807) is 20.8 Å². The smallest absolute Gasteiger partial charge is 0.360 e. The van der Waals surface area contributed by atoms with Gasteiger partial charge < -0.3 is 14.8 Å². The number of carbonyl (C=O) groups is 2. The van der Waals surface area contributed by atoms with Crippen molar-refractivity contribution in [1.29, 1.82) is 0 Å². The number of carbonyl (C=O) groups excluding carboxylic acids is 2. The minimum atomic E-state index is -0.886. The van der Waals surface area contributed by atoms with Gasteiger partial charge in [0.1, 0.15) is 0 Å². The predicted octanol–water partition coefficient (Wildman–Crippen LogP) is 4.37. The maximum Gasteiger partial charge on any atom is 0.360 e. The van der Waals surface area contributed by atoms with E-state index in [0.717, 1.165) is 16.8 Å². The molecule has 0 bridgehead atoms. The second-order valence-corrected chi connectivity index (χ2v) is 9.51. The second kappa shape index (κ2) is 10.0. The molecule has 2 aromatic heterocycles. The Morgan fingerprint density at radius 2 is 1.85 bits per heavy atom. The van der Waals surface area contributed by atoms with Crippen LogP contribution in [0.1, 0.15) is 36.8 Å². The maximum atomic E-state index is 13.2. The molecule has 0 aliphatic carbocycles. The number of benzene rings is 1. The van der Waals surface area contributed by atoms with Gasteiger partial charge in [-0.1, -0.05) is 36.9 Å². The van der Waals surface area contributed by atoms with Crippen molar-refractivity contribution in [2.75, 3.05) is 19.0 Å². The number of hydrogen-bond acceptors (Lipinski definition) is 8. The molecule has 0 atom stereocenters. The van der Waals surface area contributed by atoms with Crippen LogP contribution in [0.5, 0.6) is 5.75 Å². The molecule has 0 fully saturated rings. The maximum absolute atomic E-state index is 13.2. The van der Waals surface area contributed by atoms with Crippen LogP contribution < -0.4 is 15.6 Å². The van der Waals surface area contributed by atoms with Crippen molar-refractivity contribution in [2.24, 2.45) is 12.5 Å². The number of nitrogens with one attached hydrogen (secondary N) is 1. The first-order valence-electron chi connectivity index (χ1n) is 10.5. The van der Waals surface area contributed by atoms with Crippen molar-refractivity contribution < 1.29 is 19.1 Å². The van der Waals surface area contributed by atoms with Crippen LogP contribution >= 0.6 is 11.3 Å². The number of rotatable bonds is 7. The number of esters is 2. The molecule has 0 saturated heterocycles. The SMILES string of the molecule is C=C(CNc1ccsc1-c1nc(C(=O)OC)c(OC(=O)C(C)(C)C)c(=O)n1C)c1ccccc1. The summed E-state index contributed by atoms with van der Waals surface area (Å²) in [6.07, 6.45) is 0. The average molecular weight is 482 g/mol. The summed E-state index contributed by atoms with van der Waals surface area (Å²) in [6.45, 7) is 9.53. The first kappa shape index (κ1) is 24.9. The fourth-order valence-corrected chi connectivity index (χ4v) is 3.85. The highest BCUT2D eigenvalue weighted by atomic mass is 32.1. The molecule has 0 spiro atoms. The second-order valence-electron chi connectivity index (χ2n) is 8.59. The lowest BCUT2D eigenvalue weighted by molar-refractivity contribution is -0.143. The molecule has 0 saturated carbocycles. The number of aromatic nitrogens is 2. The Hall–Kier alpha value is -3.72. The van der Waals surface area contributed by atoms with Crippen molar-refractivity contribution in [1.82, 2.24) is 9.55 Å². The number of hydrogen-bond donors (Lipinski definition) is 1. The van der Waals surface area contributed by atoms with Crippen LogP contribution in [0.3, 0.4) is 0 Å². The third-order valence-electron chi connectivity index (χ3n) is 4.98. The molecule has 3 aromatic rings. The van der Waals surface area contributed by atoms with Gasteiger partial charge in [-0.15, -0.1) is 11.3 Å². The molecule has 0 radical (unpaired) electrons. The topological polar surface area (TPSA) is 99.5 Å². The summed E-state index contributed by atoms with van der Waals surface area (Å²) in [7, 11) is 2.68. The van der Waals surface area contributed by atoms with Gasteiger partial charge in [0.2, 0.25) is 5.75 Å². The standard InChI is InChI=1S/C25H27N3O5S/c1-15(16-10-8-7-9-11-16)14-26-17-12-13-34-20(17)21-27-18(23(30)32-6)19(22(29)28(21)5)33-24(31)25(2,3)4/h7-13,26H,1,14H2,2-6H3. The average Bonchev–Trinajstić information content (AvgIpc) is 3.28. The zero-order valence-corrected chi connectivity index (χ0v) is 20.6. The largest absolute Gasteiger partial charge is 0.464 e. The van der Waals surface area contributed by atoms with E-state index in [4.69, 9.17) is 9.47 Å². The number of anilines is 1. The van der Waals surface area contributed by atoms with Crippen molar-refractivity contribution in [3.63, 3.8) is 0 Å². The Morgan fingerprint density at radius 1 is 1.18 bits per heavy atom. The fourth-order valence-electron chi connectivity index (χ4n) is 2.96. The van der Waals surface area contributed by atoms with E-state index in [1.807, 2.05) is 41.8 Å². The summed E-state index contributed by atoms with van der Waals surface area (Å²) in [5, 5.41) is 5.17. The molecular weight excluding hydrogens is 454 g/mol. The normalized spacial score (nSPS) is 11.1. The molecule has 3 rings (SSSR count). The summed E-state index contributed by atoms with van der Waals surface area (Å²) >= 11 is 1.35. The van der Waals surface area contributed by atoms with E-state index in [0.29, 0.717) is 11.4 Å². The molecular formula is C25H27N3O5S. The van der Waals surface area contributed by atoms with E-state index in [1.165, 1.54) is 30.1 Å². The van der Waals surface area contributed by atoms with Crippen LogP contribution in [0.25, 0.3) is 16.3 Å². The van der Waals surface area contributed by atoms with Gasteiger partial charge in [-0.2, -0.15) is 0 Å². The lowest BCUT2D eigenvalue weighted by Crippen LogP contribution is -2.32. The molecule has 0 aliphatic rings. The van der Waals surface area contributed by atoms with Crippen LogP contribution in [-0.4, -0.2) is 35.1 Å². The Bertz CT molecular complexity index is 1290. The van der Waals surface area contributed by atoms with Crippen molar-refractivity contribution in [3.05, 3.63) is 70.0 Å². The van der Waals surface area contributed by atoms with E-state index in [-0.39, 0.29) is 11.5 Å². The third kappa shape index (κ3) is 5.26. The van der Waals surface area contributed by atoms with Crippen molar-refractivity contribution >= 4 is 34.5 Å². The van der Waals surface area contributed by atoms with Gasteiger partial charge in [-0.05, 0) is 43.4 Å². The highest BCUT2D eigenvalue weighted by Crippen LogP contribution is 2.33. The van der Waals surface area contributed by atoms with Crippen LogP contribution in [0, 0.1) is 5.41 Å². The number of thiophene rings is 1. The first-order chi connectivity index (χ1) is 16.0. The quantitative estimate of drug-likeness (QED) is 0.500. The molecule has 2 heterocycles. The highest BCUT2D eigenvalue weighted by molar-refractivity contribution is 7.14. The summed E-state index contributed by atoms with van der Waals surface area (Å²) in [6, 6.07) is 11.6. The molecule has 9 heteroatoms. The number of ether oxygens (including phenoxy) is 2. The molecule has 0 amide bonds. The molecule has 0 unspecified atom stereocenters. The number of nitrogens with zero attached hydrogens (tertiary/aromatic N) is 2. The summed E-state index contributed by atoms with van der Waals surface area (Å²) in [4.78, 5) is 43.1. The van der Waals surface area contributed by atoms with Crippen LogP contribution in [0.2, 0.25) is 0 Å². The van der Waals surface area contributed by atoms with Crippen LogP contribution in [0.15, 0.2) is 53.2 Å². The van der Waals surface area contributed by atoms with E-state index in [2.05, 4.69) is 16.9 Å². The van der Waals surface area contributed by atoms with E-state index < -0.39 is 28.7 Å². The fraction of sp³-hybridized carbons (Fsp3) is 0.280. The summed E-state index contributed by atoms with van der Waals surface area (Å²) in [5.74, 6) is -1.76. The van der Waals surface area contributed by atoms with Crippen LogP contribution in [-0.2, 0) is 16.6 Å². The van der Waals surface area contributed by atoms with Crippen molar-refractivity contribution in [3.8, 4) is 16.5 Å². The van der Waals surface area contributed by atoms with Gasteiger partial charge in [0.15, 0.2) is 11.5 Å².